The van der Waals surface area contributed by atoms with Crippen LogP contribution in [0.15, 0.2) is 12.5 Å². The molecule has 1 heterocycles. The number of H-pyrrole nitrogens is 1. The van der Waals surface area contributed by atoms with Gasteiger partial charge in [-0.3, -0.25) is 14.4 Å². The maximum Gasteiger partial charge on any atom is 0.326 e. The number of nitrogens with two attached hydrogens (primary N) is 2. The summed E-state index contributed by atoms with van der Waals surface area (Å²) in [7, 11) is 0. The number of hydrogen-bond acceptors (Lipinski definition) is 7. The molecule has 0 aromatic carbocycles. The summed E-state index contributed by atoms with van der Waals surface area (Å²) in [6, 6.07) is -2.83. The summed E-state index contributed by atoms with van der Waals surface area (Å²) >= 11 is 0. The molecule has 0 bridgehead atoms. The van der Waals surface area contributed by atoms with Crippen molar-refractivity contribution in [1.82, 2.24) is 25.9 Å². The minimum atomic E-state index is -1.22. The Balaban J connectivity index is 2.40. The molecule has 0 aliphatic heterocycles. The Morgan fingerprint density at radius 3 is 2.52 bits per heavy atom. The lowest BCUT2D eigenvalue weighted by molar-refractivity contribution is -0.141. The molecule has 0 aliphatic carbocycles. The highest BCUT2D eigenvalue weighted by Crippen LogP contribution is 2.00. The summed E-state index contributed by atoms with van der Waals surface area (Å²) in [6.45, 7) is 1.53. The van der Waals surface area contributed by atoms with Crippen LogP contribution in [-0.2, 0) is 25.6 Å². The van der Waals surface area contributed by atoms with Gasteiger partial charge < -0.3 is 37.5 Å². The maximum absolute atomic E-state index is 12.0. The van der Waals surface area contributed by atoms with E-state index in [1.807, 2.05) is 0 Å². The molecular formula is C17H29N7O5. The zero-order chi connectivity index (χ0) is 21.8. The van der Waals surface area contributed by atoms with Gasteiger partial charge in [-0.2, -0.15) is 0 Å². The first kappa shape index (κ1) is 24.0. The van der Waals surface area contributed by atoms with Crippen molar-refractivity contribution in [2.75, 3.05) is 13.1 Å². The average molecular weight is 411 g/mol. The lowest BCUT2D eigenvalue weighted by Crippen LogP contribution is -2.52. The molecule has 0 aliphatic rings. The highest BCUT2D eigenvalue weighted by atomic mass is 16.4. The van der Waals surface area contributed by atoms with Gasteiger partial charge in [-0.15, -0.1) is 0 Å². The molecule has 162 valence electrons. The van der Waals surface area contributed by atoms with Gasteiger partial charge in [0.05, 0.1) is 18.9 Å². The number of nitrogens with zero attached hydrogens (tertiary/aromatic N) is 1. The molecule has 1 aromatic rings. The summed E-state index contributed by atoms with van der Waals surface area (Å²) < 4.78 is 0. The van der Waals surface area contributed by atoms with E-state index in [1.54, 1.807) is 0 Å². The van der Waals surface area contributed by atoms with Gasteiger partial charge >= 0.3 is 5.97 Å². The Kier molecular flexibility index (Phi) is 10.3. The fourth-order valence-corrected chi connectivity index (χ4v) is 2.41. The van der Waals surface area contributed by atoms with E-state index in [0.717, 1.165) is 6.42 Å². The van der Waals surface area contributed by atoms with Gasteiger partial charge in [-0.1, -0.05) is 6.42 Å². The number of hydrogen-bond donors (Lipinski definition) is 7. The van der Waals surface area contributed by atoms with Crippen LogP contribution in [0.3, 0.4) is 0 Å². The molecule has 9 N–H and O–H groups in total. The number of unbranched alkanes of at least 4 members (excludes halogenated alkanes) is 1. The number of nitrogens with one attached hydrogen (secondary N) is 4. The second-order valence-electron chi connectivity index (χ2n) is 6.58. The number of rotatable bonds is 13. The molecule has 0 spiro atoms. The molecule has 0 saturated carbocycles. The van der Waals surface area contributed by atoms with Gasteiger partial charge in [0.15, 0.2) is 0 Å². The number of aromatic amines is 1. The Labute approximate surface area is 168 Å². The molecule has 1 aromatic heterocycles. The van der Waals surface area contributed by atoms with E-state index >= 15 is 0 Å². The van der Waals surface area contributed by atoms with Crippen molar-refractivity contribution >= 4 is 23.7 Å². The van der Waals surface area contributed by atoms with Crippen LogP contribution in [0.1, 0.15) is 31.9 Å². The first-order valence-corrected chi connectivity index (χ1v) is 9.27. The Bertz CT molecular complexity index is 680. The largest absolute Gasteiger partial charge is 0.480 e. The molecular weight excluding hydrogens is 382 g/mol. The monoisotopic (exact) mass is 411 g/mol. The predicted octanol–water partition coefficient (Wildman–Crippen LogP) is -2.40. The summed E-state index contributed by atoms with van der Waals surface area (Å²) in [5, 5.41) is 16.4. The minimum Gasteiger partial charge on any atom is -0.480 e. The first-order chi connectivity index (χ1) is 13.7. The van der Waals surface area contributed by atoms with E-state index in [4.69, 9.17) is 11.5 Å². The van der Waals surface area contributed by atoms with Crippen LogP contribution < -0.4 is 27.4 Å². The molecule has 0 radical (unpaired) electrons. The Morgan fingerprint density at radius 1 is 1.21 bits per heavy atom. The van der Waals surface area contributed by atoms with Crippen molar-refractivity contribution in [3.8, 4) is 0 Å². The number of carboxylic acid groups (broad SMARTS) is 1. The van der Waals surface area contributed by atoms with Gasteiger partial charge in [-0.05, 0) is 26.3 Å². The molecule has 3 atom stereocenters. The number of carboxylic acids is 1. The van der Waals surface area contributed by atoms with Crippen molar-refractivity contribution in [2.24, 2.45) is 11.5 Å². The highest BCUT2D eigenvalue weighted by molar-refractivity contribution is 5.92. The molecule has 1 rings (SSSR count). The number of imidazole rings is 1. The third-order valence-electron chi connectivity index (χ3n) is 4.09. The van der Waals surface area contributed by atoms with E-state index in [-0.39, 0.29) is 6.42 Å². The van der Waals surface area contributed by atoms with Crippen molar-refractivity contribution in [3.05, 3.63) is 18.2 Å². The zero-order valence-electron chi connectivity index (χ0n) is 16.3. The molecule has 3 amide bonds. The van der Waals surface area contributed by atoms with Crippen LogP contribution in [0.25, 0.3) is 0 Å². The van der Waals surface area contributed by atoms with Crippen molar-refractivity contribution in [2.45, 2.75) is 50.7 Å². The van der Waals surface area contributed by atoms with E-state index in [9.17, 15) is 24.3 Å². The third-order valence-corrected chi connectivity index (χ3v) is 4.09. The van der Waals surface area contributed by atoms with Gasteiger partial charge in [0.2, 0.25) is 17.7 Å². The molecule has 12 nitrogen and oxygen atoms in total. The normalized spacial score (nSPS) is 13.8. The zero-order valence-corrected chi connectivity index (χ0v) is 16.3. The van der Waals surface area contributed by atoms with Crippen LogP contribution >= 0.6 is 0 Å². The lowest BCUT2D eigenvalue weighted by atomic mass is 10.1. The smallest absolute Gasteiger partial charge is 0.326 e. The molecule has 12 heteroatoms. The number of carbonyl (C=O) groups excluding carboxylic acids is 3. The summed E-state index contributed by atoms with van der Waals surface area (Å²) in [6.07, 6.45) is 4.78. The number of aliphatic carboxylic acids is 1. The van der Waals surface area contributed by atoms with Crippen LogP contribution in [0.4, 0.5) is 0 Å². The van der Waals surface area contributed by atoms with E-state index in [2.05, 4.69) is 25.9 Å². The topological polar surface area (TPSA) is 205 Å². The Hall–Kier alpha value is -2.99. The van der Waals surface area contributed by atoms with Crippen LogP contribution in [0, 0.1) is 0 Å². The van der Waals surface area contributed by atoms with Gasteiger partial charge in [0, 0.05) is 18.3 Å². The fourth-order valence-electron chi connectivity index (χ4n) is 2.41. The van der Waals surface area contributed by atoms with Crippen LogP contribution in [0.2, 0.25) is 0 Å². The minimum absolute atomic E-state index is 0.0174. The standard InChI is InChI=1S/C17H29N7O5/c1-10(23-16(27)12(19)4-2-3-5-18)15(26)21-8-14(25)24-13(17(28)29)6-11-7-20-9-22-11/h7,9-10,12-13H,2-6,8,18-19H2,1H3,(H,20,22)(H,21,26)(H,23,27)(H,24,25)(H,28,29). The van der Waals surface area contributed by atoms with E-state index < -0.39 is 48.4 Å². The maximum atomic E-state index is 12.0. The predicted molar refractivity (Wildman–Crippen MR) is 103 cm³/mol. The Morgan fingerprint density at radius 2 is 1.93 bits per heavy atom. The molecule has 0 fully saturated rings. The van der Waals surface area contributed by atoms with E-state index in [0.29, 0.717) is 25.1 Å². The van der Waals surface area contributed by atoms with E-state index in [1.165, 1.54) is 19.4 Å². The molecule has 0 saturated heterocycles. The van der Waals surface area contributed by atoms with Crippen LogP contribution in [-0.4, -0.2) is 70.0 Å². The van der Waals surface area contributed by atoms with Crippen molar-refractivity contribution in [3.63, 3.8) is 0 Å². The summed E-state index contributed by atoms with van der Waals surface area (Å²) in [4.78, 5) is 53.8. The second kappa shape index (κ2) is 12.5. The summed E-state index contributed by atoms with van der Waals surface area (Å²) in [5.74, 6) is -2.96. The number of aromatic nitrogens is 2. The van der Waals surface area contributed by atoms with Crippen molar-refractivity contribution < 1.29 is 24.3 Å². The van der Waals surface area contributed by atoms with Crippen molar-refractivity contribution in [1.29, 1.82) is 0 Å². The third kappa shape index (κ3) is 9.17. The first-order valence-electron chi connectivity index (χ1n) is 9.27. The van der Waals surface area contributed by atoms with Gasteiger partial charge in [0.1, 0.15) is 12.1 Å². The fraction of sp³-hybridized carbons (Fsp3) is 0.588. The van der Waals surface area contributed by atoms with Gasteiger partial charge in [-0.25, -0.2) is 9.78 Å². The van der Waals surface area contributed by atoms with Crippen LogP contribution in [0.5, 0.6) is 0 Å². The SMILES string of the molecule is CC(NC(=O)C(N)CCCCN)C(=O)NCC(=O)NC(Cc1cnc[nH]1)C(=O)O. The molecule has 29 heavy (non-hydrogen) atoms. The summed E-state index contributed by atoms with van der Waals surface area (Å²) in [5.41, 5.74) is 11.7. The highest BCUT2D eigenvalue weighted by Gasteiger charge is 2.23. The average Bonchev–Trinajstić information content (AvgIpc) is 3.18. The quantitative estimate of drug-likeness (QED) is 0.174. The number of carbonyl (C=O) groups is 4. The second-order valence-corrected chi connectivity index (χ2v) is 6.58. The molecule has 3 unspecified atom stereocenters. The number of amides is 3. The lowest BCUT2D eigenvalue weighted by Gasteiger charge is -2.18. The van der Waals surface area contributed by atoms with Gasteiger partial charge in [0.25, 0.3) is 0 Å².